The van der Waals surface area contributed by atoms with Gasteiger partial charge in [0.2, 0.25) is 0 Å². The van der Waals surface area contributed by atoms with Crippen LogP contribution in [0, 0.1) is 0 Å². The zero-order chi connectivity index (χ0) is 13.0. The maximum Gasteiger partial charge on any atom is 0.339 e. The predicted molar refractivity (Wildman–Crippen MR) is 62.6 cm³/mol. The van der Waals surface area contributed by atoms with Gasteiger partial charge in [-0.05, 0) is 25.5 Å². The molecule has 0 saturated carbocycles. The molecule has 0 fully saturated rings. The molecule has 5 heteroatoms. The topological polar surface area (TPSA) is 46.5 Å². The first-order valence-corrected chi connectivity index (χ1v) is 5.63. The number of halogens is 2. The van der Waals surface area contributed by atoms with E-state index in [0.717, 1.165) is 0 Å². The van der Waals surface area contributed by atoms with Crippen molar-refractivity contribution in [3.05, 3.63) is 34.3 Å². The van der Waals surface area contributed by atoms with Crippen molar-refractivity contribution >= 4 is 17.6 Å². The molecule has 2 atom stereocenters. The van der Waals surface area contributed by atoms with E-state index >= 15 is 0 Å². The van der Waals surface area contributed by atoms with Crippen LogP contribution in [0.5, 0.6) is 0 Å². The number of benzene rings is 1. The molecular formula is C12H14ClFO3. The Balaban J connectivity index is 2.95. The van der Waals surface area contributed by atoms with E-state index in [1.165, 1.54) is 25.1 Å². The summed E-state index contributed by atoms with van der Waals surface area (Å²) in [4.78, 5) is 11.3. The molecule has 17 heavy (non-hydrogen) atoms. The monoisotopic (exact) mass is 260 g/mol. The van der Waals surface area contributed by atoms with E-state index in [2.05, 4.69) is 4.74 Å². The molecule has 2 unspecified atom stereocenters. The summed E-state index contributed by atoms with van der Waals surface area (Å²) in [5.74, 6) is -0.768. The van der Waals surface area contributed by atoms with Crippen LogP contribution < -0.4 is 0 Å². The Morgan fingerprint density at radius 1 is 1.59 bits per heavy atom. The molecule has 0 heterocycles. The van der Waals surface area contributed by atoms with E-state index in [1.807, 2.05) is 0 Å². The minimum Gasteiger partial charge on any atom is -0.464 e. The Kier molecular flexibility index (Phi) is 4.90. The highest BCUT2D eigenvalue weighted by Crippen LogP contribution is 2.28. The highest BCUT2D eigenvalue weighted by Gasteiger charge is 2.21. The van der Waals surface area contributed by atoms with Gasteiger partial charge in [0, 0.05) is 10.6 Å². The SMILES string of the molecule is CCOC(=O)C(O)c1ccc(C(C)F)cc1Cl. The van der Waals surface area contributed by atoms with E-state index in [-0.39, 0.29) is 17.2 Å². The van der Waals surface area contributed by atoms with Gasteiger partial charge in [0.15, 0.2) is 6.10 Å². The minimum absolute atomic E-state index is 0.146. The molecular weight excluding hydrogens is 247 g/mol. The summed E-state index contributed by atoms with van der Waals surface area (Å²) >= 11 is 5.88. The second kappa shape index (κ2) is 5.98. The average Bonchev–Trinajstić information content (AvgIpc) is 2.28. The van der Waals surface area contributed by atoms with Crippen LogP contribution in [0.1, 0.15) is 37.3 Å². The van der Waals surface area contributed by atoms with Crippen molar-refractivity contribution in [3.8, 4) is 0 Å². The average molecular weight is 261 g/mol. The molecule has 94 valence electrons. The molecule has 1 rings (SSSR count). The van der Waals surface area contributed by atoms with Gasteiger partial charge >= 0.3 is 5.97 Å². The Bertz CT molecular complexity index is 407. The van der Waals surface area contributed by atoms with E-state index in [1.54, 1.807) is 6.92 Å². The normalized spacial score (nSPS) is 14.2. The zero-order valence-electron chi connectivity index (χ0n) is 9.61. The highest BCUT2D eigenvalue weighted by atomic mass is 35.5. The molecule has 0 saturated heterocycles. The first-order chi connectivity index (χ1) is 7.97. The van der Waals surface area contributed by atoms with Gasteiger partial charge in [-0.1, -0.05) is 23.7 Å². The first kappa shape index (κ1) is 13.9. The zero-order valence-corrected chi connectivity index (χ0v) is 10.4. The molecule has 3 nitrogen and oxygen atoms in total. The number of carbonyl (C=O) groups excluding carboxylic acids is 1. The van der Waals surface area contributed by atoms with Crippen LogP contribution in [0.4, 0.5) is 4.39 Å². The molecule has 0 aromatic heterocycles. The van der Waals surface area contributed by atoms with Crippen molar-refractivity contribution in [1.29, 1.82) is 0 Å². The van der Waals surface area contributed by atoms with Crippen LogP contribution in [0.3, 0.4) is 0 Å². The molecule has 0 aliphatic rings. The lowest BCUT2D eigenvalue weighted by atomic mass is 10.0. The molecule has 1 aromatic carbocycles. The number of alkyl halides is 1. The summed E-state index contributed by atoms with van der Waals surface area (Å²) < 4.78 is 17.7. The summed E-state index contributed by atoms with van der Waals surface area (Å²) in [6, 6.07) is 4.30. The van der Waals surface area contributed by atoms with Crippen molar-refractivity contribution in [2.75, 3.05) is 6.61 Å². The molecule has 0 spiro atoms. The lowest BCUT2D eigenvalue weighted by Gasteiger charge is -2.13. The lowest BCUT2D eigenvalue weighted by molar-refractivity contribution is -0.153. The van der Waals surface area contributed by atoms with Crippen LogP contribution in [0.25, 0.3) is 0 Å². The fraction of sp³-hybridized carbons (Fsp3) is 0.417. The van der Waals surface area contributed by atoms with E-state index in [9.17, 15) is 14.3 Å². The largest absolute Gasteiger partial charge is 0.464 e. The van der Waals surface area contributed by atoms with Crippen molar-refractivity contribution < 1.29 is 19.0 Å². The predicted octanol–water partition coefficient (Wildman–Crippen LogP) is 2.97. The molecule has 0 aliphatic heterocycles. The summed E-state index contributed by atoms with van der Waals surface area (Å²) in [5.41, 5.74) is 0.615. The summed E-state index contributed by atoms with van der Waals surface area (Å²) in [7, 11) is 0. The number of aliphatic hydroxyl groups excluding tert-OH is 1. The van der Waals surface area contributed by atoms with Crippen LogP contribution in [-0.2, 0) is 9.53 Å². The van der Waals surface area contributed by atoms with E-state index < -0.39 is 18.2 Å². The third kappa shape index (κ3) is 3.41. The number of rotatable bonds is 4. The summed E-state index contributed by atoms with van der Waals surface area (Å²) in [5, 5.41) is 9.82. The summed E-state index contributed by atoms with van der Waals surface area (Å²) in [6.07, 6.45) is -2.59. The number of ether oxygens (including phenoxy) is 1. The second-order valence-electron chi connectivity index (χ2n) is 3.55. The van der Waals surface area contributed by atoms with Gasteiger partial charge in [-0.2, -0.15) is 0 Å². The van der Waals surface area contributed by atoms with Crippen molar-refractivity contribution in [2.45, 2.75) is 26.1 Å². The fourth-order valence-corrected chi connectivity index (χ4v) is 1.65. The van der Waals surface area contributed by atoms with Crippen LogP contribution >= 0.6 is 11.6 Å². The third-order valence-corrected chi connectivity index (χ3v) is 2.62. The Morgan fingerprint density at radius 2 is 2.24 bits per heavy atom. The first-order valence-electron chi connectivity index (χ1n) is 5.25. The standard InChI is InChI=1S/C12H14ClFO3/c1-3-17-12(16)11(15)9-5-4-8(7(2)14)6-10(9)13/h4-7,11,15H,3H2,1-2H3. The maximum atomic E-state index is 13.0. The minimum atomic E-state index is -1.44. The smallest absolute Gasteiger partial charge is 0.339 e. The van der Waals surface area contributed by atoms with Crippen LogP contribution in [-0.4, -0.2) is 17.7 Å². The van der Waals surface area contributed by atoms with Gasteiger partial charge in [0.05, 0.1) is 6.61 Å². The van der Waals surface area contributed by atoms with Gasteiger partial charge in [-0.25, -0.2) is 9.18 Å². The second-order valence-corrected chi connectivity index (χ2v) is 3.96. The number of esters is 1. The lowest BCUT2D eigenvalue weighted by Crippen LogP contribution is -2.15. The Morgan fingerprint density at radius 3 is 2.71 bits per heavy atom. The molecule has 0 bridgehead atoms. The van der Waals surface area contributed by atoms with Gasteiger partial charge in [-0.3, -0.25) is 0 Å². The Labute approximate surface area is 104 Å². The van der Waals surface area contributed by atoms with Crippen LogP contribution in [0.15, 0.2) is 18.2 Å². The van der Waals surface area contributed by atoms with Crippen molar-refractivity contribution in [2.24, 2.45) is 0 Å². The van der Waals surface area contributed by atoms with Gasteiger partial charge in [-0.15, -0.1) is 0 Å². The number of hydrogen-bond acceptors (Lipinski definition) is 3. The van der Waals surface area contributed by atoms with Gasteiger partial charge < -0.3 is 9.84 Å². The molecule has 1 aromatic rings. The number of aliphatic hydroxyl groups is 1. The quantitative estimate of drug-likeness (QED) is 0.847. The summed E-state index contributed by atoms with van der Waals surface area (Å²) in [6.45, 7) is 3.19. The van der Waals surface area contributed by atoms with Gasteiger partial charge in [0.25, 0.3) is 0 Å². The maximum absolute atomic E-state index is 13.0. The molecule has 0 radical (unpaired) electrons. The van der Waals surface area contributed by atoms with E-state index in [4.69, 9.17) is 11.6 Å². The Hall–Kier alpha value is -1.13. The third-order valence-electron chi connectivity index (χ3n) is 2.29. The van der Waals surface area contributed by atoms with E-state index in [0.29, 0.717) is 5.56 Å². The van der Waals surface area contributed by atoms with Crippen molar-refractivity contribution in [3.63, 3.8) is 0 Å². The van der Waals surface area contributed by atoms with Crippen LogP contribution in [0.2, 0.25) is 5.02 Å². The molecule has 0 amide bonds. The number of hydrogen-bond donors (Lipinski definition) is 1. The fourth-order valence-electron chi connectivity index (χ4n) is 1.36. The number of carbonyl (C=O) groups is 1. The molecule has 0 aliphatic carbocycles. The van der Waals surface area contributed by atoms with Crippen molar-refractivity contribution in [1.82, 2.24) is 0 Å². The molecule has 1 N–H and O–H groups in total. The highest BCUT2D eigenvalue weighted by molar-refractivity contribution is 6.31. The van der Waals surface area contributed by atoms with Gasteiger partial charge in [0.1, 0.15) is 6.17 Å².